The Kier molecular flexibility index (Phi) is 11.7. The van der Waals surface area contributed by atoms with Gasteiger partial charge in [0.25, 0.3) is 5.91 Å². The van der Waals surface area contributed by atoms with Crippen LogP contribution in [0.1, 0.15) is 60.5 Å². The largest absolute Gasteiger partial charge is 0.497 e. The molecule has 11 nitrogen and oxygen atoms in total. The number of fused-ring (bicyclic) bond motifs is 1. The molecule has 0 spiro atoms. The molecule has 3 heterocycles. The third-order valence-electron chi connectivity index (χ3n) is 11.1. The van der Waals surface area contributed by atoms with Crippen LogP contribution in [0.3, 0.4) is 0 Å². The number of rotatable bonds is 13. The number of nitrogens with one attached hydrogen (secondary N) is 1. The highest BCUT2D eigenvalue weighted by Crippen LogP contribution is 2.46. The molecule has 0 radical (unpaired) electrons. The summed E-state index contributed by atoms with van der Waals surface area (Å²) in [6.45, 7) is 11.4. The molecule has 6 aromatic rings. The first kappa shape index (κ1) is 40.3. The zero-order valence-electron chi connectivity index (χ0n) is 33.2. The van der Waals surface area contributed by atoms with E-state index in [0.717, 1.165) is 28.2 Å². The van der Waals surface area contributed by atoms with E-state index in [-0.39, 0.29) is 23.7 Å². The minimum absolute atomic E-state index is 0.0577. The molecule has 296 valence electrons. The van der Waals surface area contributed by atoms with E-state index >= 15 is 0 Å². The maximum Gasteiger partial charge on any atom is 0.256 e. The standard InChI is InChI=1S/C44H48BrN5O6Si/c1-43(2,3)57(6,7)56-35-26-37(50-40-38(48-42(50)45)39(46-28-47-40)49-41(51)29-14-10-8-11-15-29)55-36(35)27-54-44(30-16-12-9-13-17-30,31-18-22-33(52-4)23-19-31)32-20-24-34(53-5)25-21-32/h8-25,28,35-37H,26-27H2,1-7H3,(H,46,47,49,51)/t35-,36+,37+/m0/s1. The maximum atomic E-state index is 13.1. The summed E-state index contributed by atoms with van der Waals surface area (Å²) in [7, 11) is 1.00. The first-order valence-corrected chi connectivity index (χ1v) is 22.6. The quantitative estimate of drug-likeness (QED) is 0.0689. The minimum Gasteiger partial charge on any atom is -0.497 e. The summed E-state index contributed by atoms with van der Waals surface area (Å²) < 4.78 is 35.0. The van der Waals surface area contributed by atoms with E-state index in [9.17, 15) is 4.79 Å². The minimum atomic E-state index is -2.31. The van der Waals surface area contributed by atoms with Crippen LogP contribution in [0.4, 0.5) is 5.82 Å². The Morgan fingerprint density at radius 2 is 1.40 bits per heavy atom. The van der Waals surface area contributed by atoms with Gasteiger partial charge in [-0.1, -0.05) is 93.6 Å². The molecule has 4 aromatic carbocycles. The Labute approximate surface area is 343 Å². The smallest absolute Gasteiger partial charge is 0.256 e. The van der Waals surface area contributed by atoms with Gasteiger partial charge >= 0.3 is 0 Å². The lowest BCUT2D eigenvalue weighted by molar-refractivity contribution is -0.0918. The van der Waals surface area contributed by atoms with Crippen LogP contribution in [-0.4, -0.2) is 66.8 Å². The van der Waals surface area contributed by atoms with Gasteiger partial charge in [-0.25, -0.2) is 15.0 Å². The average Bonchev–Trinajstić information content (AvgIpc) is 3.77. The molecular weight excluding hydrogens is 803 g/mol. The van der Waals surface area contributed by atoms with Crippen molar-refractivity contribution >= 4 is 47.1 Å². The van der Waals surface area contributed by atoms with Crippen LogP contribution in [0.15, 0.2) is 120 Å². The van der Waals surface area contributed by atoms with Gasteiger partial charge in [-0.05, 0) is 87.2 Å². The number of anilines is 1. The topological polar surface area (TPSA) is 119 Å². The molecular formula is C44H48BrN5O6Si. The second kappa shape index (κ2) is 16.5. The highest BCUT2D eigenvalue weighted by molar-refractivity contribution is 9.10. The van der Waals surface area contributed by atoms with Gasteiger partial charge < -0.3 is 28.7 Å². The predicted molar refractivity (Wildman–Crippen MR) is 226 cm³/mol. The fraction of sp³-hybridized carbons (Fsp3) is 0.318. The Balaban J connectivity index is 1.28. The number of ether oxygens (including phenoxy) is 4. The molecule has 3 atom stereocenters. The Morgan fingerprint density at radius 3 is 1.96 bits per heavy atom. The number of methoxy groups -OCH3 is 2. The number of imidazole rings is 1. The van der Waals surface area contributed by atoms with Crippen LogP contribution in [0, 0.1) is 0 Å². The van der Waals surface area contributed by atoms with Gasteiger partial charge in [0.15, 0.2) is 30.0 Å². The van der Waals surface area contributed by atoms with Crippen LogP contribution in [0.2, 0.25) is 18.1 Å². The lowest BCUT2D eigenvalue weighted by atomic mass is 9.80. The van der Waals surface area contributed by atoms with Gasteiger partial charge in [-0.2, -0.15) is 0 Å². The van der Waals surface area contributed by atoms with Crippen molar-refractivity contribution in [2.75, 3.05) is 26.1 Å². The first-order chi connectivity index (χ1) is 27.3. The van der Waals surface area contributed by atoms with Crippen molar-refractivity contribution in [1.82, 2.24) is 19.5 Å². The van der Waals surface area contributed by atoms with Crippen molar-refractivity contribution in [1.29, 1.82) is 0 Å². The fourth-order valence-electron chi connectivity index (χ4n) is 6.97. The molecule has 0 unspecified atom stereocenters. The summed E-state index contributed by atoms with van der Waals surface area (Å²) in [5, 5.41) is 2.86. The summed E-state index contributed by atoms with van der Waals surface area (Å²) in [5.74, 6) is 1.48. The third kappa shape index (κ3) is 8.12. The number of hydrogen-bond donors (Lipinski definition) is 1. The maximum absolute atomic E-state index is 13.1. The Hall–Kier alpha value is -4.92. The van der Waals surface area contributed by atoms with E-state index < -0.39 is 26.3 Å². The average molecular weight is 851 g/mol. The fourth-order valence-corrected chi connectivity index (χ4v) is 8.90. The summed E-state index contributed by atoms with van der Waals surface area (Å²) in [6, 6.07) is 35.1. The van der Waals surface area contributed by atoms with Gasteiger partial charge in [0.2, 0.25) is 0 Å². The van der Waals surface area contributed by atoms with E-state index in [0.29, 0.717) is 33.7 Å². The number of aromatic nitrogens is 4. The molecule has 57 heavy (non-hydrogen) atoms. The van der Waals surface area contributed by atoms with Gasteiger partial charge in [0.1, 0.15) is 35.8 Å². The second-order valence-electron chi connectivity index (χ2n) is 15.6. The number of amides is 1. The highest BCUT2D eigenvalue weighted by atomic mass is 79.9. The van der Waals surface area contributed by atoms with Gasteiger partial charge in [-0.3, -0.25) is 9.36 Å². The predicted octanol–water partition coefficient (Wildman–Crippen LogP) is 9.54. The molecule has 2 aromatic heterocycles. The van der Waals surface area contributed by atoms with E-state index in [4.69, 9.17) is 28.4 Å². The Morgan fingerprint density at radius 1 is 0.842 bits per heavy atom. The Bertz CT molecular complexity index is 2250. The number of carbonyl (C=O) groups excluding carboxylic acids is 1. The van der Waals surface area contributed by atoms with E-state index in [1.807, 2.05) is 89.5 Å². The molecule has 1 N–H and O–H groups in total. The SMILES string of the molecule is COc1ccc(C(OC[C@H]2O[C@@H](n3c(Br)nc4c(NC(=O)c5ccccc5)ncnc43)C[C@@H]2O[Si](C)(C)C(C)(C)C)(c2ccccc2)c2ccc(OC)cc2)cc1. The summed E-state index contributed by atoms with van der Waals surface area (Å²) in [5.41, 5.74) is 3.17. The van der Waals surface area contributed by atoms with E-state index in [1.54, 1.807) is 26.4 Å². The van der Waals surface area contributed by atoms with Crippen molar-refractivity contribution in [2.45, 2.75) is 69.4 Å². The monoisotopic (exact) mass is 849 g/mol. The molecule has 1 amide bonds. The lowest BCUT2D eigenvalue weighted by Gasteiger charge is -2.40. The van der Waals surface area contributed by atoms with Crippen LogP contribution < -0.4 is 14.8 Å². The molecule has 13 heteroatoms. The zero-order valence-corrected chi connectivity index (χ0v) is 35.8. The number of hydrogen-bond acceptors (Lipinski definition) is 9. The molecule has 0 bridgehead atoms. The van der Waals surface area contributed by atoms with Crippen LogP contribution >= 0.6 is 15.9 Å². The molecule has 7 rings (SSSR count). The summed E-state index contributed by atoms with van der Waals surface area (Å²) in [4.78, 5) is 26.9. The van der Waals surface area contributed by atoms with Crippen LogP contribution in [-0.2, 0) is 19.5 Å². The number of benzene rings is 4. The number of nitrogens with zero attached hydrogens (tertiary/aromatic N) is 4. The molecule has 1 fully saturated rings. The highest BCUT2D eigenvalue weighted by Gasteiger charge is 2.47. The van der Waals surface area contributed by atoms with Crippen molar-refractivity contribution in [3.63, 3.8) is 0 Å². The van der Waals surface area contributed by atoms with Crippen molar-refractivity contribution in [3.05, 3.63) is 143 Å². The van der Waals surface area contributed by atoms with Gasteiger partial charge in [0, 0.05) is 12.0 Å². The van der Waals surface area contributed by atoms with Crippen LogP contribution in [0.25, 0.3) is 11.2 Å². The van der Waals surface area contributed by atoms with Gasteiger partial charge in [-0.15, -0.1) is 0 Å². The molecule has 1 aliphatic heterocycles. The summed E-state index contributed by atoms with van der Waals surface area (Å²) >= 11 is 3.69. The van der Waals surface area contributed by atoms with Crippen molar-refractivity contribution in [3.8, 4) is 11.5 Å². The van der Waals surface area contributed by atoms with E-state index in [1.165, 1.54) is 6.33 Å². The van der Waals surface area contributed by atoms with Gasteiger partial charge in [0.05, 0.1) is 26.9 Å². The number of halogens is 1. The van der Waals surface area contributed by atoms with Crippen molar-refractivity contribution < 1.29 is 28.2 Å². The lowest BCUT2D eigenvalue weighted by Crippen LogP contribution is -2.47. The summed E-state index contributed by atoms with van der Waals surface area (Å²) in [6.07, 6.45) is 0.564. The first-order valence-electron chi connectivity index (χ1n) is 18.9. The molecule has 1 aliphatic rings. The van der Waals surface area contributed by atoms with Crippen molar-refractivity contribution in [2.24, 2.45) is 0 Å². The van der Waals surface area contributed by atoms with Crippen LogP contribution in [0.5, 0.6) is 11.5 Å². The second-order valence-corrected chi connectivity index (χ2v) is 21.0. The normalized spacial score (nSPS) is 17.4. The third-order valence-corrected chi connectivity index (χ3v) is 16.1. The molecule has 0 saturated carbocycles. The molecule has 1 saturated heterocycles. The number of carbonyl (C=O) groups is 1. The zero-order chi connectivity index (χ0) is 40.4. The molecule has 0 aliphatic carbocycles. The van der Waals surface area contributed by atoms with E-state index in [2.05, 4.69) is 77.2 Å².